The van der Waals surface area contributed by atoms with Gasteiger partial charge in [0.1, 0.15) is 11.5 Å². The number of methoxy groups -OCH3 is 2. The van der Waals surface area contributed by atoms with E-state index in [0.717, 1.165) is 65.4 Å². The quantitative estimate of drug-likeness (QED) is 0.652. The van der Waals surface area contributed by atoms with E-state index in [1.165, 1.54) is 0 Å². The number of anilines is 1. The monoisotopic (exact) mass is 417 g/mol. The first-order chi connectivity index (χ1) is 15.1. The molecule has 0 atom stereocenters. The number of aromatic nitrogens is 1. The van der Waals surface area contributed by atoms with E-state index < -0.39 is 0 Å². The summed E-state index contributed by atoms with van der Waals surface area (Å²) in [7, 11) is 3.32. The van der Waals surface area contributed by atoms with E-state index in [-0.39, 0.29) is 11.8 Å². The lowest BCUT2D eigenvalue weighted by molar-refractivity contribution is -0.122. The predicted molar refractivity (Wildman–Crippen MR) is 122 cm³/mol. The summed E-state index contributed by atoms with van der Waals surface area (Å²) in [5.74, 6) is 1.35. The van der Waals surface area contributed by atoms with E-state index in [2.05, 4.69) is 9.88 Å². The van der Waals surface area contributed by atoms with E-state index in [1.807, 2.05) is 60.9 Å². The number of benzene rings is 2. The van der Waals surface area contributed by atoms with Crippen molar-refractivity contribution >= 4 is 11.6 Å². The van der Waals surface area contributed by atoms with Crippen LogP contribution in [0.1, 0.15) is 12.8 Å². The van der Waals surface area contributed by atoms with Crippen molar-refractivity contribution in [2.75, 3.05) is 32.2 Å². The zero-order valence-electron chi connectivity index (χ0n) is 17.9. The Kier molecular flexibility index (Phi) is 6.07. The summed E-state index contributed by atoms with van der Waals surface area (Å²) in [5, 5.41) is 0. The third kappa shape index (κ3) is 4.33. The lowest BCUT2D eigenvalue weighted by Gasteiger charge is -2.35. The van der Waals surface area contributed by atoms with Gasteiger partial charge in [-0.05, 0) is 48.2 Å². The van der Waals surface area contributed by atoms with Gasteiger partial charge in [-0.1, -0.05) is 24.3 Å². The van der Waals surface area contributed by atoms with Crippen LogP contribution in [0.2, 0.25) is 0 Å². The van der Waals surface area contributed by atoms with E-state index in [1.54, 1.807) is 14.2 Å². The standard InChI is InChI=1S/C25H27N3O3/c1-30-20-7-3-17(4-8-20)22-15-27-16-23(18-5-9-21(31-2)10-6-18)24(22)28-13-11-19(12-14-28)25(26)29/h3-10,15-16,19H,11-14H2,1-2H3,(H2,26,29). The maximum Gasteiger partial charge on any atom is 0.220 e. The highest BCUT2D eigenvalue weighted by atomic mass is 16.5. The molecule has 4 rings (SSSR count). The number of primary amides is 1. The van der Waals surface area contributed by atoms with Gasteiger partial charge in [0.05, 0.1) is 19.9 Å². The van der Waals surface area contributed by atoms with E-state index in [9.17, 15) is 4.79 Å². The molecule has 3 aromatic rings. The van der Waals surface area contributed by atoms with Crippen molar-refractivity contribution in [2.45, 2.75) is 12.8 Å². The number of nitrogens with two attached hydrogens (primary N) is 1. The molecule has 2 heterocycles. The molecule has 31 heavy (non-hydrogen) atoms. The lowest BCUT2D eigenvalue weighted by Crippen LogP contribution is -2.39. The van der Waals surface area contributed by atoms with Crippen molar-refractivity contribution in [1.82, 2.24) is 4.98 Å². The van der Waals surface area contributed by atoms with Crippen molar-refractivity contribution in [2.24, 2.45) is 11.7 Å². The minimum Gasteiger partial charge on any atom is -0.497 e. The van der Waals surface area contributed by atoms with Gasteiger partial charge in [0.25, 0.3) is 0 Å². The van der Waals surface area contributed by atoms with Gasteiger partial charge in [0.2, 0.25) is 5.91 Å². The first kappa shape index (κ1) is 20.7. The fraction of sp³-hybridized carbons (Fsp3) is 0.280. The van der Waals surface area contributed by atoms with Crippen LogP contribution < -0.4 is 20.1 Å². The molecule has 1 aliphatic rings. The minimum absolute atomic E-state index is 0.0630. The SMILES string of the molecule is COc1ccc(-c2cncc(-c3ccc(OC)cc3)c2N2CCC(C(N)=O)CC2)cc1. The molecule has 1 fully saturated rings. The Labute approximate surface area is 182 Å². The number of carbonyl (C=O) groups excluding carboxylic acids is 1. The van der Waals surface area contributed by atoms with Crippen LogP contribution in [0.15, 0.2) is 60.9 Å². The molecule has 1 aliphatic heterocycles. The molecule has 2 aromatic carbocycles. The number of ether oxygens (including phenoxy) is 2. The number of pyridine rings is 1. The number of rotatable bonds is 6. The molecule has 0 saturated carbocycles. The Morgan fingerprint density at radius 1 is 0.871 bits per heavy atom. The van der Waals surface area contributed by atoms with E-state index >= 15 is 0 Å². The molecule has 1 amide bonds. The third-order valence-corrected chi connectivity index (χ3v) is 5.93. The average molecular weight is 418 g/mol. The Morgan fingerprint density at radius 2 is 1.32 bits per heavy atom. The highest BCUT2D eigenvalue weighted by Crippen LogP contribution is 2.41. The number of hydrogen-bond donors (Lipinski definition) is 1. The van der Waals surface area contributed by atoms with E-state index in [4.69, 9.17) is 15.2 Å². The highest BCUT2D eigenvalue weighted by molar-refractivity contribution is 5.90. The summed E-state index contributed by atoms with van der Waals surface area (Å²) >= 11 is 0. The Hall–Kier alpha value is -3.54. The molecule has 1 aromatic heterocycles. The van der Waals surface area contributed by atoms with Gasteiger partial charge in [0, 0.05) is 42.5 Å². The van der Waals surface area contributed by atoms with Crippen molar-refractivity contribution < 1.29 is 14.3 Å². The molecular weight excluding hydrogens is 390 g/mol. The Morgan fingerprint density at radius 3 is 1.71 bits per heavy atom. The molecule has 0 unspecified atom stereocenters. The smallest absolute Gasteiger partial charge is 0.220 e. The first-order valence-corrected chi connectivity index (χ1v) is 10.4. The molecular formula is C25H27N3O3. The zero-order chi connectivity index (χ0) is 21.8. The summed E-state index contributed by atoms with van der Waals surface area (Å²) in [6, 6.07) is 16.0. The Balaban J connectivity index is 1.80. The second-order valence-electron chi connectivity index (χ2n) is 7.70. The van der Waals surface area contributed by atoms with Gasteiger partial charge in [0.15, 0.2) is 0 Å². The normalized spacial score (nSPS) is 14.3. The van der Waals surface area contributed by atoms with Gasteiger partial charge in [-0.2, -0.15) is 0 Å². The van der Waals surface area contributed by atoms with Crippen LogP contribution in [-0.4, -0.2) is 38.2 Å². The van der Waals surface area contributed by atoms with Crippen LogP contribution >= 0.6 is 0 Å². The summed E-state index contributed by atoms with van der Waals surface area (Å²) in [5.41, 5.74) is 10.9. The largest absolute Gasteiger partial charge is 0.497 e. The molecule has 6 nitrogen and oxygen atoms in total. The maximum absolute atomic E-state index is 11.7. The topological polar surface area (TPSA) is 77.7 Å². The molecule has 0 bridgehead atoms. The summed E-state index contributed by atoms with van der Waals surface area (Å²) in [4.78, 5) is 18.6. The maximum atomic E-state index is 11.7. The zero-order valence-corrected chi connectivity index (χ0v) is 17.9. The fourth-order valence-electron chi connectivity index (χ4n) is 4.15. The fourth-order valence-corrected chi connectivity index (χ4v) is 4.15. The highest BCUT2D eigenvalue weighted by Gasteiger charge is 2.27. The van der Waals surface area contributed by atoms with Gasteiger partial charge in [-0.25, -0.2) is 0 Å². The molecule has 1 saturated heterocycles. The number of piperidine rings is 1. The van der Waals surface area contributed by atoms with Crippen molar-refractivity contribution in [3.8, 4) is 33.8 Å². The second-order valence-corrected chi connectivity index (χ2v) is 7.70. The van der Waals surface area contributed by atoms with Crippen LogP contribution in [0.4, 0.5) is 5.69 Å². The summed E-state index contributed by atoms with van der Waals surface area (Å²) < 4.78 is 10.6. The van der Waals surface area contributed by atoms with Crippen molar-refractivity contribution in [3.05, 3.63) is 60.9 Å². The van der Waals surface area contributed by atoms with E-state index in [0.29, 0.717) is 0 Å². The number of nitrogens with zero attached hydrogens (tertiary/aromatic N) is 2. The summed E-state index contributed by atoms with van der Waals surface area (Å²) in [6.45, 7) is 1.54. The van der Waals surface area contributed by atoms with Gasteiger partial charge >= 0.3 is 0 Å². The van der Waals surface area contributed by atoms with Crippen LogP contribution in [0.25, 0.3) is 22.3 Å². The van der Waals surface area contributed by atoms with Gasteiger partial charge in [-0.15, -0.1) is 0 Å². The second kappa shape index (κ2) is 9.08. The number of hydrogen-bond acceptors (Lipinski definition) is 5. The van der Waals surface area contributed by atoms with Crippen molar-refractivity contribution in [1.29, 1.82) is 0 Å². The Bertz CT molecular complexity index is 975. The van der Waals surface area contributed by atoms with Crippen LogP contribution in [0.3, 0.4) is 0 Å². The molecule has 0 aliphatic carbocycles. The third-order valence-electron chi connectivity index (χ3n) is 5.93. The molecule has 0 radical (unpaired) electrons. The number of amides is 1. The van der Waals surface area contributed by atoms with Crippen LogP contribution in [0.5, 0.6) is 11.5 Å². The molecule has 6 heteroatoms. The average Bonchev–Trinajstić information content (AvgIpc) is 2.84. The molecule has 160 valence electrons. The van der Waals surface area contributed by atoms with Crippen LogP contribution in [0, 0.1) is 5.92 Å². The minimum atomic E-state index is -0.208. The summed E-state index contributed by atoms with van der Waals surface area (Å²) in [6.07, 6.45) is 5.32. The molecule has 0 spiro atoms. The molecule has 2 N–H and O–H groups in total. The van der Waals surface area contributed by atoms with Gasteiger partial charge in [-0.3, -0.25) is 9.78 Å². The predicted octanol–water partition coefficient (Wildman–Crippen LogP) is 4.13. The van der Waals surface area contributed by atoms with Gasteiger partial charge < -0.3 is 20.1 Å². The first-order valence-electron chi connectivity index (χ1n) is 10.4. The number of carbonyl (C=O) groups is 1. The van der Waals surface area contributed by atoms with Crippen LogP contribution in [-0.2, 0) is 4.79 Å². The lowest BCUT2D eigenvalue weighted by atomic mass is 9.92. The van der Waals surface area contributed by atoms with Crippen molar-refractivity contribution in [3.63, 3.8) is 0 Å².